The monoisotopic (exact) mass is 1350 g/mol. The molecular weight excluding hydrogens is 1290 g/mol. The molecular formula is C99H63N5O2. The Morgan fingerprint density at radius 3 is 1.46 bits per heavy atom. The van der Waals surface area contributed by atoms with Crippen LogP contribution in [0, 0.1) is 0 Å². The maximum absolute atomic E-state index is 6.93. The molecule has 4 aromatic heterocycles. The van der Waals surface area contributed by atoms with Crippen molar-refractivity contribution < 1.29 is 8.83 Å². The Hall–Kier alpha value is -13.8. The van der Waals surface area contributed by atoms with Gasteiger partial charge in [0.1, 0.15) is 28.2 Å². The Kier molecular flexibility index (Phi) is 14.4. The zero-order chi connectivity index (χ0) is 69.8. The van der Waals surface area contributed by atoms with Crippen LogP contribution in [0.1, 0.15) is 47.5 Å². The van der Waals surface area contributed by atoms with Crippen LogP contribution in [0.4, 0.5) is 0 Å². The van der Waals surface area contributed by atoms with Crippen LogP contribution in [0.5, 0.6) is 0 Å². The van der Waals surface area contributed by atoms with Crippen molar-refractivity contribution in [3.05, 3.63) is 369 Å². The normalized spacial score (nSPS) is 14.6. The van der Waals surface area contributed by atoms with Crippen LogP contribution in [-0.4, -0.2) is 24.9 Å². The van der Waals surface area contributed by atoms with E-state index in [0.29, 0.717) is 23.9 Å². The average Bonchev–Trinajstić information content (AvgIpc) is 1.55. The molecule has 106 heavy (non-hydrogen) atoms. The van der Waals surface area contributed by atoms with Gasteiger partial charge in [0.25, 0.3) is 0 Å². The summed E-state index contributed by atoms with van der Waals surface area (Å²) in [5, 5.41) is 14.0. The van der Waals surface area contributed by atoms with Gasteiger partial charge in [-0.05, 0) is 167 Å². The van der Waals surface area contributed by atoms with Crippen LogP contribution >= 0.6 is 0 Å². The number of aromatic nitrogens is 5. The maximum atomic E-state index is 6.93. The van der Waals surface area contributed by atoms with E-state index in [9.17, 15) is 0 Å². The number of fused-ring (bicyclic) bond motifs is 13. The molecule has 0 fully saturated rings. The molecule has 0 radical (unpaired) electrons. The Morgan fingerprint density at radius 2 is 0.774 bits per heavy atom. The van der Waals surface area contributed by atoms with Crippen molar-refractivity contribution in [1.82, 2.24) is 24.9 Å². The molecule has 0 bridgehead atoms. The molecule has 2 atom stereocenters. The van der Waals surface area contributed by atoms with Gasteiger partial charge >= 0.3 is 0 Å². The molecule has 21 rings (SSSR count). The molecule has 0 spiro atoms. The summed E-state index contributed by atoms with van der Waals surface area (Å²) in [5.41, 5.74) is 21.7. The van der Waals surface area contributed by atoms with E-state index in [-0.39, 0.29) is 11.8 Å². The Bertz CT molecular complexity index is 6960. The van der Waals surface area contributed by atoms with Crippen LogP contribution in [0.15, 0.2) is 355 Å². The van der Waals surface area contributed by atoms with Gasteiger partial charge in [-0.15, -0.1) is 0 Å². The van der Waals surface area contributed by atoms with E-state index >= 15 is 0 Å². The largest absolute Gasteiger partial charge is 0.455 e. The lowest BCUT2D eigenvalue weighted by atomic mass is 9.89. The molecule has 7 heteroatoms. The number of benzene rings is 15. The fourth-order valence-corrected chi connectivity index (χ4v) is 16.3. The maximum Gasteiger partial charge on any atom is 0.164 e. The summed E-state index contributed by atoms with van der Waals surface area (Å²) in [7, 11) is 0. The fourth-order valence-electron chi connectivity index (χ4n) is 16.3. The molecule has 0 N–H and O–H groups in total. The molecule has 0 saturated heterocycles. The van der Waals surface area contributed by atoms with E-state index < -0.39 is 0 Å². The van der Waals surface area contributed by atoms with E-state index in [1.807, 2.05) is 12.1 Å². The molecule has 2 unspecified atom stereocenters. The molecule has 7 nitrogen and oxygen atoms in total. The lowest BCUT2D eigenvalue weighted by Crippen LogP contribution is -2.10. The van der Waals surface area contributed by atoms with Gasteiger partial charge in [-0.3, -0.25) is 0 Å². The first-order valence-corrected chi connectivity index (χ1v) is 36.4. The number of nitrogens with zero attached hydrogens (tertiary/aromatic N) is 5. The minimum absolute atomic E-state index is 0.103. The van der Waals surface area contributed by atoms with Gasteiger partial charge in [-0.2, -0.15) is 0 Å². The molecule has 2 aliphatic rings. The second kappa shape index (κ2) is 25.1. The van der Waals surface area contributed by atoms with Gasteiger partial charge in [-0.1, -0.05) is 285 Å². The molecule has 4 heterocycles. The highest BCUT2D eigenvalue weighted by atomic mass is 16.3. The highest BCUT2D eigenvalue weighted by Crippen LogP contribution is 2.47. The summed E-state index contributed by atoms with van der Waals surface area (Å²) < 4.78 is 13.8. The van der Waals surface area contributed by atoms with Gasteiger partial charge in [0.15, 0.2) is 17.5 Å². The molecule has 496 valence electrons. The summed E-state index contributed by atoms with van der Waals surface area (Å²) in [6, 6.07) is 110. The van der Waals surface area contributed by atoms with E-state index in [1.165, 1.54) is 32.7 Å². The van der Waals surface area contributed by atoms with E-state index in [2.05, 4.69) is 334 Å². The smallest absolute Gasteiger partial charge is 0.164 e. The van der Waals surface area contributed by atoms with Crippen molar-refractivity contribution in [2.75, 3.05) is 0 Å². The van der Waals surface area contributed by atoms with Crippen molar-refractivity contribution in [2.24, 2.45) is 0 Å². The van der Waals surface area contributed by atoms with Gasteiger partial charge in [0.05, 0.1) is 11.2 Å². The number of rotatable bonds is 11. The molecule has 19 aromatic rings. The van der Waals surface area contributed by atoms with Gasteiger partial charge in [0.2, 0.25) is 0 Å². The second-order valence-corrected chi connectivity index (χ2v) is 28.0. The first-order chi connectivity index (χ1) is 52.5. The van der Waals surface area contributed by atoms with E-state index in [4.69, 9.17) is 33.8 Å². The first-order valence-electron chi connectivity index (χ1n) is 36.4. The van der Waals surface area contributed by atoms with Crippen LogP contribution in [-0.2, 0) is 0 Å². The lowest BCUT2D eigenvalue weighted by Gasteiger charge is -2.19. The van der Waals surface area contributed by atoms with Gasteiger partial charge < -0.3 is 8.83 Å². The number of furan rings is 2. The standard InChI is InChI=1S/C99H63N5O2/c1-3-17-60(18-4-1)61-37-43-68(44-38-61)96-102-97(104-99(103-96)87-59-76-23-9-12-29-82(76)95-92(87)85-57-77(50-52-90(85)106-95)80-31-16-24-66-19-7-10-27-79(66)80)69-45-39-62(40-46-69)70-25-15-26-71(53-70)73-48-42-65-41-47-72(54-78(65)55-73)63-33-35-64(36-34-63)74-49-51-89-84(56-74)91-86(58-75-22-8-11-28-81(75)94(91)105-89)98-100-88-32-14-13-30-83(88)93(101-98)67-20-5-2-6-21-67/h1-37,39-45,47-59,61,69H,38,46H2. The van der Waals surface area contributed by atoms with Crippen LogP contribution in [0.3, 0.4) is 0 Å². The minimum Gasteiger partial charge on any atom is -0.455 e. The second-order valence-electron chi connectivity index (χ2n) is 28.0. The molecule has 2 aliphatic carbocycles. The van der Waals surface area contributed by atoms with Gasteiger partial charge in [0, 0.05) is 71.8 Å². The van der Waals surface area contributed by atoms with Crippen LogP contribution in [0.2, 0.25) is 0 Å². The predicted octanol–water partition coefficient (Wildman–Crippen LogP) is 26.1. The molecule has 0 aliphatic heterocycles. The van der Waals surface area contributed by atoms with Crippen molar-refractivity contribution >= 4 is 109 Å². The van der Waals surface area contributed by atoms with E-state index in [1.54, 1.807) is 0 Å². The Balaban J connectivity index is 0.585. The quantitative estimate of drug-likeness (QED) is 0.127. The van der Waals surface area contributed by atoms with Crippen molar-refractivity contribution in [3.63, 3.8) is 0 Å². The number of para-hydroxylation sites is 1. The van der Waals surface area contributed by atoms with E-state index in [0.717, 1.165) is 167 Å². The van der Waals surface area contributed by atoms with Crippen molar-refractivity contribution in [3.8, 4) is 78.5 Å². The van der Waals surface area contributed by atoms with Crippen LogP contribution < -0.4 is 0 Å². The highest BCUT2D eigenvalue weighted by molar-refractivity contribution is 6.23. The first kappa shape index (κ1) is 61.0. The highest BCUT2D eigenvalue weighted by Gasteiger charge is 2.26. The number of allylic oxidation sites excluding steroid dienone is 8. The van der Waals surface area contributed by atoms with Gasteiger partial charge in [-0.25, -0.2) is 24.9 Å². The average molecular weight is 1350 g/mol. The SMILES string of the molecule is C1=CC(c2nc(C3=CCC(c4ccccc4)C=C3)nc(-c3cc4ccccc4c4oc5ccc(-c6cccc7ccccc67)cc5c34)n2)CC=C1c1cccc(-c2ccc3ccc(-c4ccc(-c5ccc6oc7c8ccccc8cc(-c8nc(-c9ccccc9)c9ccccc9n8)c7c6c5)cc4)cc3c2)c1. The summed E-state index contributed by atoms with van der Waals surface area (Å²) in [6.07, 6.45) is 15.2. The third-order valence-electron chi connectivity index (χ3n) is 21.7. The third-order valence-corrected chi connectivity index (χ3v) is 21.7. The zero-order valence-corrected chi connectivity index (χ0v) is 57.5. The van der Waals surface area contributed by atoms with Crippen molar-refractivity contribution in [1.29, 1.82) is 0 Å². The molecule has 15 aromatic carbocycles. The predicted molar refractivity (Wildman–Crippen MR) is 437 cm³/mol. The zero-order valence-electron chi connectivity index (χ0n) is 57.5. The molecule has 0 saturated carbocycles. The summed E-state index contributed by atoms with van der Waals surface area (Å²) in [5.74, 6) is 2.84. The summed E-state index contributed by atoms with van der Waals surface area (Å²) in [6.45, 7) is 0. The Morgan fingerprint density at radius 1 is 0.274 bits per heavy atom. The number of hydrogen-bond donors (Lipinski definition) is 0. The van der Waals surface area contributed by atoms with Crippen LogP contribution in [0.25, 0.3) is 188 Å². The molecule has 0 amide bonds. The topological polar surface area (TPSA) is 90.7 Å². The van der Waals surface area contributed by atoms with Crippen molar-refractivity contribution in [2.45, 2.75) is 24.7 Å². The number of hydrogen-bond acceptors (Lipinski definition) is 7. The lowest BCUT2D eigenvalue weighted by molar-refractivity contribution is 0.672. The Labute approximate surface area is 610 Å². The summed E-state index contributed by atoms with van der Waals surface area (Å²) >= 11 is 0. The third kappa shape index (κ3) is 10.6. The summed E-state index contributed by atoms with van der Waals surface area (Å²) in [4.78, 5) is 27.0. The minimum atomic E-state index is -0.103. The fraction of sp³-hybridized carbons (Fsp3) is 0.0404.